The van der Waals surface area contributed by atoms with Crippen LogP contribution < -0.4 is 0 Å². The molecule has 0 atom stereocenters. The van der Waals surface area contributed by atoms with Crippen LogP contribution in [0.3, 0.4) is 0 Å². The quantitative estimate of drug-likeness (QED) is 0.749. The molecule has 0 saturated carbocycles. The number of benzene rings is 2. The van der Waals surface area contributed by atoms with Crippen molar-refractivity contribution in [2.24, 2.45) is 0 Å². The molecule has 3 rings (SSSR count). The molecule has 2 aromatic carbocycles. The Hall–Kier alpha value is -2.86. The minimum atomic E-state index is 0.685. The molecule has 1 heterocycles. The Morgan fingerprint density at radius 1 is 0.947 bits per heavy atom. The summed E-state index contributed by atoms with van der Waals surface area (Å²) in [4.78, 5) is 0. The molecule has 0 aliphatic rings. The standard InChI is InChI=1S/C16H11N3/c17-11-14-4-1-2-7-15(14)12-5-3-6-13(10-12)16-8-9-18-19-16/h1-10H,(H,18,19). The largest absolute Gasteiger partial charge is 0.278 e. The van der Waals surface area contributed by atoms with Crippen LogP contribution in [0.2, 0.25) is 0 Å². The third kappa shape index (κ3) is 2.12. The van der Waals surface area contributed by atoms with E-state index in [2.05, 4.69) is 22.3 Å². The minimum Gasteiger partial charge on any atom is -0.278 e. The molecule has 0 radical (unpaired) electrons. The molecule has 0 spiro atoms. The molecule has 3 nitrogen and oxygen atoms in total. The lowest BCUT2D eigenvalue weighted by Crippen LogP contribution is -1.85. The first-order chi connectivity index (χ1) is 9.38. The zero-order valence-electron chi connectivity index (χ0n) is 10.2. The maximum atomic E-state index is 9.17. The fraction of sp³-hybridized carbons (Fsp3) is 0. The van der Waals surface area contributed by atoms with E-state index in [0.29, 0.717) is 5.56 Å². The number of hydrogen-bond acceptors (Lipinski definition) is 2. The van der Waals surface area contributed by atoms with Gasteiger partial charge in [-0.3, -0.25) is 5.10 Å². The third-order valence-electron chi connectivity index (χ3n) is 3.03. The van der Waals surface area contributed by atoms with Gasteiger partial charge in [-0.1, -0.05) is 36.4 Å². The van der Waals surface area contributed by atoms with Crippen molar-refractivity contribution in [2.75, 3.05) is 0 Å². The van der Waals surface area contributed by atoms with E-state index in [1.54, 1.807) is 6.20 Å². The molecule has 19 heavy (non-hydrogen) atoms. The van der Waals surface area contributed by atoms with E-state index in [0.717, 1.165) is 22.4 Å². The molecule has 0 amide bonds. The highest BCUT2D eigenvalue weighted by atomic mass is 15.1. The summed E-state index contributed by atoms with van der Waals surface area (Å²) in [5.74, 6) is 0. The first-order valence-electron chi connectivity index (χ1n) is 5.98. The number of nitrogens with zero attached hydrogens (tertiary/aromatic N) is 2. The van der Waals surface area contributed by atoms with E-state index in [-0.39, 0.29) is 0 Å². The first kappa shape index (κ1) is 11.2. The van der Waals surface area contributed by atoms with Gasteiger partial charge in [0, 0.05) is 11.8 Å². The van der Waals surface area contributed by atoms with Crippen molar-refractivity contribution in [1.29, 1.82) is 5.26 Å². The van der Waals surface area contributed by atoms with Crippen molar-refractivity contribution in [1.82, 2.24) is 10.2 Å². The number of hydrogen-bond donors (Lipinski definition) is 1. The number of nitriles is 1. The van der Waals surface area contributed by atoms with Crippen LogP contribution in [0.1, 0.15) is 5.56 Å². The Kier molecular flexibility index (Phi) is 2.83. The van der Waals surface area contributed by atoms with Crippen molar-refractivity contribution in [2.45, 2.75) is 0 Å². The van der Waals surface area contributed by atoms with Crippen molar-refractivity contribution in [3.8, 4) is 28.5 Å². The minimum absolute atomic E-state index is 0.685. The molecular formula is C16H11N3. The van der Waals surface area contributed by atoms with Gasteiger partial charge in [-0.05, 0) is 29.3 Å². The fourth-order valence-corrected chi connectivity index (χ4v) is 2.10. The van der Waals surface area contributed by atoms with Crippen LogP contribution in [0.15, 0.2) is 60.8 Å². The topological polar surface area (TPSA) is 52.5 Å². The predicted octanol–water partition coefficient (Wildman–Crippen LogP) is 3.62. The highest BCUT2D eigenvalue weighted by molar-refractivity contribution is 5.75. The Morgan fingerprint density at radius 2 is 1.79 bits per heavy atom. The van der Waals surface area contributed by atoms with Gasteiger partial charge in [0.05, 0.1) is 17.3 Å². The Balaban J connectivity index is 2.12. The second-order valence-corrected chi connectivity index (χ2v) is 4.21. The summed E-state index contributed by atoms with van der Waals surface area (Å²) in [6.07, 6.45) is 1.73. The van der Waals surface area contributed by atoms with E-state index >= 15 is 0 Å². The molecule has 0 fully saturated rings. The van der Waals surface area contributed by atoms with Crippen LogP contribution in [-0.2, 0) is 0 Å². The van der Waals surface area contributed by atoms with E-state index in [1.165, 1.54) is 0 Å². The second kappa shape index (κ2) is 4.79. The highest BCUT2D eigenvalue weighted by Crippen LogP contribution is 2.27. The molecule has 0 aliphatic carbocycles. The summed E-state index contributed by atoms with van der Waals surface area (Å²) in [6.45, 7) is 0. The van der Waals surface area contributed by atoms with Crippen LogP contribution in [-0.4, -0.2) is 10.2 Å². The average Bonchev–Trinajstić information content (AvgIpc) is 3.01. The molecule has 3 aromatic rings. The van der Waals surface area contributed by atoms with Gasteiger partial charge < -0.3 is 0 Å². The van der Waals surface area contributed by atoms with Gasteiger partial charge in [0.15, 0.2) is 0 Å². The molecule has 3 heteroatoms. The molecule has 0 saturated heterocycles. The number of nitrogens with one attached hydrogen (secondary N) is 1. The lowest BCUT2D eigenvalue weighted by atomic mass is 9.98. The molecule has 90 valence electrons. The summed E-state index contributed by atoms with van der Waals surface area (Å²) in [5, 5.41) is 16.1. The van der Waals surface area contributed by atoms with Gasteiger partial charge in [-0.15, -0.1) is 0 Å². The number of aromatic amines is 1. The van der Waals surface area contributed by atoms with Gasteiger partial charge in [0.1, 0.15) is 0 Å². The maximum Gasteiger partial charge on any atom is 0.0998 e. The van der Waals surface area contributed by atoms with Crippen molar-refractivity contribution in [3.63, 3.8) is 0 Å². The van der Waals surface area contributed by atoms with Gasteiger partial charge in [-0.25, -0.2) is 0 Å². The predicted molar refractivity (Wildman–Crippen MR) is 74.2 cm³/mol. The number of H-pyrrole nitrogens is 1. The van der Waals surface area contributed by atoms with Crippen molar-refractivity contribution >= 4 is 0 Å². The number of rotatable bonds is 2. The SMILES string of the molecule is N#Cc1ccccc1-c1cccc(-c2ccn[nH]2)c1. The lowest BCUT2D eigenvalue weighted by Gasteiger charge is -2.06. The van der Waals surface area contributed by atoms with Gasteiger partial charge >= 0.3 is 0 Å². The van der Waals surface area contributed by atoms with Crippen LogP contribution in [0.25, 0.3) is 22.4 Å². The smallest absolute Gasteiger partial charge is 0.0998 e. The summed E-state index contributed by atoms with van der Waals surface area (Å²) in [7, 11) is 0. The number of aromatic nitrogens is 2. The van der Waals surface area contributed by atoms with E-state index in [1.807, 2.05) is 48.5 Å². The zero-order chi connectivity index (χ0) is 13.1. The van der Waals surface area contributed by atoms with E-state index < -0.39 is 0 Å². The molecule has 0 aliphatic heterocycles. The van der Waals surface area contributed by atoms with Gasteiger partial charge in [-0.2, -0.15) is 10.4 Å². The Morgan fingerprint density at radius 3 is 2.58 bits per heavy atom. The van der Waals surface area contributed by atoms with E-state index in [4.69, 9.17) is 5.26 Å². The van der Waals surface area contributed by atoms with E-state index in [9.17, 15) is 0 Å². The summed E-state index contributed by atoms with van der Waals surface area (Å²) < 4.78 is 0. The Labute approximate surface area is 111 Å². The summed E-state index contributed by atoms with van der Waals surface area (Å²) in [5.41, 5.74) is 4.69. The van der Waals surface area contributed by atoms with Crippen LogP contribution in [0.4, 0.5) is 0 Å². The van der Waals surface area contributed by atoms with Crippen molar-refractivity contribution < 1.29 is 0 Å². The molecule has 0 unspecified atom stereocenters. The Bertz CT molecular complexity index is 737. The van der Waals surface area contributed by atoms with Crippen LogP contribution in [0, 0.1) is 11.3 Å². The van der Waals surface area contributed by atoms with Crippen LogP contribution in [0.5, 0.6) is 0 Å². The zero-order valence-corrected chi connectivity index (χ0v) is 10.2. The third-order valence-corrected chi connectivity index (χ3v) is 3.03. The molecule has 0 bridgehead atoms. The average molecular weight is 245 g/mol. The van der Waals surface area contributed by atoms with Crippen molar-refractivity contribution in [3.05, 3.63) is 66.4 Å². The maximum absolute atomic E-state index is 9.17. The highest BCUT2D eigenvalue weighted by Gasteiger charge is 2.06. The monoisotopic (exact) mass is 245 g/mol. The molecular weight excluding hydrogens is 234 g/mol. The summed E-state index contributed by atoms with van der Waals surface area (Å²) >= 11 is 0. The lowest BCUT2D eigenvalue weighted by molar-refractivity contribution is 1.10. The normalized spacial score (nSPS) is 10.1. The molecule has 1 aromatic heterocycles. The fourth-order valence-electron chi connectivity index (χ4n) is 2.10. The first-order valence-corrected chi connectivity index (χ1v) is 5.98. The van der Waals surface area contributed by atoms with Gasteiger partial charge in [0.25, 0.3) is 0 Å². The summed E-state index contributed by atoms with van der Waals surface area (Å²) in [6, 6.07) is 19.8. The van der Waals surface area contributed by atoms with Crippen LogP contribution >= 0.6 is 0 Å². The second-order valence-electron chi connectivity index (χ2n) is 4.21. The molecule has 1 N–H and O–H groups in total. The van der Waals surface area contributed by atoms with Gasteiger partial charge in [0.2, 0.25) is 0 Å².